The van der Waals surface area contributed by atoms with Crippen molar-refractivity contribution < 1.29 is 0 Å². The van der Waals surface area contributed by atoms with Gasteiger partial charge in [0.1, 0.15) is 5.82 Å². The zero-order valence-electron chi connectivity index (χ0n) is 14.8. The zero-order valence-corrected chi connectivity index (χ0v) is 16.4. The molecule has 0 amide bonds. The molecule has 2 aromatic heterocycles. The Balaban J connectivity index is 0.00000113. The van der Waals surface area contributed by atoms with Gasteiger partial charge in [-0.25, -0.2) is 4.98 Å². The van der Waals surface area contributed by atoms with Crippen LogP contribution in [0.2, 0.25) is 0 Å². The summed E-state index contributed by atoms with van der Waals surface area (Å²) in [5.74, 6) is 1.80. The summed E-state index contributed by atoms with van der Waals surface area (Å²) in [4.78, 5) is 4.58. The third kappa shape index (κ3) is 4.10. The molecular weight excluding hydrogens is 357 g/mol. The highest BCUT2D eigenvalue weighted by Crippen LogP contribution is 2.58. The number of halogens is 2. The number of pyridine rings is 1. The van der Waals surface area contributed by atoms with Crippen LogP contribution in [-0.4, -0.2) is 34.4 Å². The molecule has 1 saturated heterocycles. The van der Waals surface area contributed by atoms with Gasteiger partial charge in [0.2, 0.25) is 0 Å². The molecule has 1 aliphatic carbocycles. The van der Waals surface area contributed by atoms with Crippen molar-refractivity contribution in [1.82, 2.24) is 20.1 Å². The summed E-state index contributed by atoms with van der Waals surface area (Å²) in [5.41, 5.74) is 3.95. The SMILES string of the molecule is Cc1nn(C)cc1-c1ccc(NCC2CC23CCNCC3)nc1.Cl.Cl. The smallest absolute Gasteiger partial charge is 0.125 e. The lowest BCUT2D eigenvalue weighted by Crippen LogP contribution is -2.30. The Bertz CT molecular complexity index is 692. The molecule has 3 heterocycles. The highest BCUT2D eigenvalue weighted by atomic mass is 35.5. The number of rotatable bonds is 4. The maximum absolute atomic E-state index is 4.58. The molecule has 138 valence electrons. The van der Waals surface area contributed by atoms with E-state index < -0.39 is 0 Å². The molecule has 2 aromatic rings. The van der Waals surface area contributed by atoms with Gasteiger partial charge in [-0.2, -0.15) is 5.10 Å². The molecule has 1 unspecified atom stereocenters. The Morgan fingerprint density at radius 2 is 2.04 bits per heavy atom. The van der Waals surface area contributed by atoms with E-state index in [0.29, 0.717) is 5.41 Å². The minimum absolute atomic E-state index is 0. The fourth-order valence-corrected chi connectivity index (χ4v) is 4.03. The van der Waals surface area contributed by atoms with E-state index >= 15 is 0 Å². The van der Waals surface area contributed by atoms with Gasteiger partial charge in [0.05, 0.1) is 5.69 Å². The van der Waals surface area contributed by atoms with E-state index in [0.717, 1.165) is 35.1 Å². The first-order valence-electron chi connectivity index (χ1n) is 8.58. The molecule has 1 atom stereocenters. The van der Waals surface area contributed by atoms with E-state index in [1.165, 1.54) is 32.4 Å². The minimum atomic E-state index is 0. The van der Waals surface area contributed by atoms with Crippen LogP contribution in [0.1, 0.15) is 25.0 Å². The van der Waals surface area contributed by atoms with Crippen molar-refractivity contribution in [2.75, 3.05) is 25.0 Å². The number of aryl methyl sites for hydroxylation is 2. The topological polar surface area (TPSA) is 54.8 Å². The van der Waals surface area contributed by atoms with Crippen LogP contribution in [0.3, 0.4) is 0 Å². The predicted octanol–water partition coefficient (Wildman–Crippen LogP) is 3.44. The van der Waals surface area contributed by atoms with Crippen molar-refractivity contribution >= 4 is 30.6 Å². The van der Waals surface area contributed by atoms with Gasteiger partial charge in [0.15, 0.2) is 0 Å². The van der Waals surface area contributed by atoms with Crippen molar-refractivity contribution in [1.29, 1.82) is 0 Å². The highest BCUT2D eigenvalue weighted by Gasteiger charge is 2.53. The second-order valence-electron chi connectivity index (χ2n) is 7.13. The lowest BCUT2D eigenvalue weighted by Gasteiger charge is -2.23. The third-order valence-corrected chi connectivity index (χ3v) is 5.58. The van der Waals surface area contributed by atoms with Gasteiger partial charge in [-0.3, -0.25) is 4.68 Å². The van der Waals surface area contributed by atoms with Crippen molar-refractivity contribution in [3.8, 4) is 11.1 Å². The molecule has 4 rings (SSSR count). The Morgan fingerprint density at radius 1 is 1.28 bits per heavy atom. The molecule has 1 spiro atoms. The molecule has 0 bridgehead atoms. The van der Waals surface area contributed by atoms with Crippen LogP contribution in [0.25, 0.3) is 11.1 Å². The Hall–Kier alpha value is -1.30. The summed E-state index contributed by atoms with van der Waals surface area (Å²) in [7, 11) is 1.95. The third-order valence-electron chi connectivity index (χ3n) is 5.58. The van der Waals surface area contributed by atoms with E-state index in [4.69, 9.17) is 0 Å². The minimum Gasteiger partial charge on any atom is -0.370 e. The first-order valence-corrected chi connectivity index (χ1v) is 8.58. The lowest BCUT2D eigenvalue weighted by molar-refractivity contribution is 0.326. The van der Waals surface area contributed by atoms with E-state index in [9.17, 15) is 0 Å². The molecule has 2 fully saturated rings. The average Bonchev–Trinajstić information content (AvgIpc) is 3.10. The van der Waals surface area contributed by atoms with Gasteiger partial charge >= 0.3 is 0 Å². The van der Waals surface area contributed by atoms with Gasteiger partial charge in [0.25, 0.3) is 0 Å². The normalized spacial score (nSPS) is 20.5. The number of hydrogen-bond acceptors (Lipinski definition) is 4. The summed E-state index contributed by atoms with van der Waals surface area (Å²) >= 11 is 0. The first-order chi connectivity index (χ1) is 11.2. The van der Waals surface area contributed by atoms with Crippen molar-refractivity contribution in [3.63, 3.8) is 0 Å². The van der Waals surface area contributed by atoms with Crippen LogP contribution in [0.5, 0.6) is 0 Å². The monoisotopic (exact) mass is 383 g/mol. The van der Waals surface area contributed by atoms with Crippen molar-refractivity contribution in [3.05, 3.63) is 30.2 Å². The molecule has 1 saturated carbocycles. The molecule has 25 heavy (non-hydrogen) atoms. The molecule has 2 aliphatic rings. The summed E-state index contributed by atoms with van der Waals surface area (Å²) in [6, 6.07) is 4.21. The first kappa shape index (κ1) is 20.0. The van der Waals surface area contributed by atoms with Gasteiger partial charge in [-0.05, 0) is 62.7 Å². The van der Waals surface area contributed by atoms with Crippen LogP contribution >= 0.6 is 24.8 Å². The van der Waals surface area contributed by atoms with E-state index in [1.807, 2.05) is 31.0 Å². The highest BCUT2D eigenvalue weighted by molar-refractivity contribution is 5.85. The second kappa shape index (κ2) is 7.94. The molecule has 0 aromatic carbocycles. The Morgan fingerprint density at radius 3 is 2.64 bits per heavy atom. The average molecular weight is 384 g/mol. The van der Waals surface area contributed by atoms with Gasteiger partial charge in [0, 0.05) is 37.1 Å². The maximum atomic E-state index is 4.58. The number of nitrogens with one attached hydrogen (secondary N) is 2. The summed E-state index contributed by atoms with van der Waals surface area (Å²) < 4.78 is 1.85. The van der Waals surface area contributed by atoms with E-state index in [2.05, 4.69) is 32.8 Å². The second-order valence-corrected chi connectivity index (χ2v) is 7.13. The van der Waals surface area contributed by atoms with Crippen LogP contribution in [0.4, 0.5) is 5.82 Å². The van der Waals surface area contributed by atoms with E-state index in [-0.39, 0.29) is 24.8 Å². The van der Waals surface area contributed by atoms with Gasteiger partial charge in [-0.1, -0.05) is 0 Å². The van der Waals surface area contributed by atoms with Crippen LogP contribution < -0.4 is 10.6 Å². The molecule has 5 nitrogen and oxygen atoms in total. The largest absolute Gasteiger partial charge is 0.370 e. The quantitative estimate of drug-likeness (QED) is 0.848. The standard InChI is InChI=1S/C18H25N5.2ClH/c1-13-16(12-23(2)22-13)14-3-4-17(20-10-14)21-11-15-9-18(15)5-7-19-8-6-18;;/h3-4,10,12,15,19H,5-9,11H2,1-2H3,(H,20,21);2*1H. The fraction of sp³-hybridized carbons (Fsp3) is 0.556. The molecule has 1 aliphatic heterocycles. The number of piperidine rings is 1. The molecule has 2 N–H and O–H groups in total. The summed E-state index contributed by atoms with van der Waals surface area (Å²) in [6.45, 7) is 5.47. The number of anilines is 1. The fourth-order valence-electron chi connectivity index (χ4n) is 4.03. The van der Waals surface area contributed by atoms with Crippen molar-refractivity contribution in [2.45, 2.75) is 26.2 Å². The number of hydrogen-bond donors (Lipinski definition) is 2. The zero-order chi connectivity index (χ0) is 15.9. The van der Waals surface area contributed by atoms with Gasteiger partial charge < -0.3 is 10.6 Å². The van der Waals surface area contributed by atoms with E-state index in [1.54, 1.807) is 0 Å². The van der Waals surface area contributed by atoms with Gasteiger partial charge in [-0.15, -0.1) is 24.8 Å². The molecule has 7 heteroatoms. The lowest BCUT2D eigenvalue weighted by atomic mass is 9.92. The maximum Gasteiger partial charge on any atom is 0.125 e. The predicted molar refractivity (Wildman–Crippen MR) is 107 cm³/mol. The van der Waals surface area contributed by atoms with Crippen LogP contribution in [-0.2, 0) is 7.05 Å². The summed E-state index contributed by atoms with van der Waals surface area (Å²) in [5, 5.41) is 11.4. The Labute approximate surface area is 161 Å². The molecule has 0 radical (unpaired) electrons. The van der Waals surface area contributed by atoms with Crippen molar-refractivity contribution in [2.24, 2.45) is 18.4 Å². The number of nitrogens with zero attached hydrogens (tertiary/aromatic N) is 3. The Kier molecular flexibility index (Phi) is 6.35. The van der Waals surface area contributed by atoms with Crippen LogP contribution in [0.15, 0.2) is 24.5 Å². The summed E-state index contributed by atoms with van der Waals surface area (Å²) in [6.07, 6.45) is 8.05. The number of aromatic nitrogens is 3. The molecular formula is C18H27Cl2N5. The van der Waals surface area contributed by atoms with Crippen LogP contribution in [0, 0.1) is 18.3 Å².